The van der Waals surface area contributed by atoms with Crippen LogP contribution in [0.2, 0.25) is 15.1 Å². The average molecular weight is 274 g/mol. The van der Waals surface area contributed by atoms with Crippen LogP contribution in [0.25, 0.3) is 11.1 Å². The van der Waals surface area contributed by atoms with Crippen molar-refractivity contribution in [3.63, 3.8) is 0 Å². The lowest BCUT2D eigenvalue weighted by Gasteiger charge is -2.08. The quantitative estimate of drug-likeness (QED) is 0.773. The topological polar surface area (TPSA) is 20.2 Å². The van der Waals surface area contributed by atoms with E-state index in [1.165, 1.54) is 0 Å². The van der Waals surface area contributed by atoms with Crippen molar-refractivity contribution in [1.29, 1.82) is 0 Å². The lowest BCUT2D eigenvalue weighted by atomic mass is 10.0. The molecule has 0 aromatic heterocycles. The molecule has 1 N–H and O–H groups in total. The van der Waals surface area contributed by atoms with Gasteiger partial charge in [-0.2, -0.15) is 0 Å². The maximum atomic E-state index is 9.83. The molecule has 0 amide bonds. The molecule has 0 fully saturated rings. The highest BCUT2D eigenvalue weighted by Gasteiger charge is 2.11. The molecule has 0 bridgehead atoms. The zero-order valence-corrected chi connectivity index (χ0v) is 10.3. The minimum atomic E-state index is 0.00772. The van der Waals surface area contributed by atoms with Crippen molar-refractivity contribution in [3.8, 4) is 16.9 Å². The van der Waals surface area contributed by atoms with Gasteiger partial charge in [-0.15, -0.1) is 0 Å². The third-order valence-electron chi connectivity index (χ3n) is 2.21. The number of rotatable bonds is 1. The van der Waals surface area contributed by atoms with Gasteiger partial charge in [0.25, 0.3) is 0 Å². The van der Waals surface area contributed by atoms with Crippen LogP contribution in [0.4, 0.5) is 0 Å². The summed E-state index contributed by atoms with van der Waals surface area (Å²) in [5.41, 5.74) is 1.23. The van der Waals surface area contributed by atoms with Crippen molar-refractivity contribution in [3.05, 3.63) is 51.5 Å². The fourth-order valence-electron chi connectivity index (χ4n) is 1.44. The van der Waals surface area contributed by atoms with Crippen LogP contribution in [-0.4, -0.2) is 5.11 Å². The van der Waals surface area contributed by atoms with Crippen LogP contribution in [0.5, 0.6) is 5.75 Å². The minimum Gasteiger partial charge on any atom is -0.506 e. The number of phenols is 1. The van der Waals surface area contributed by atoms with E-state index >= 15 is 0 Å². The highest BCUT2D eigenvalue weighted by atomic mass is 35.5. The number of benzene rings is 2. The van der Waals surface area contributed by atoms with Gasteiger partial charge in [0, 0.05) is 21.2 Å². The maximum absolute atomic E-state index is 9.83. The van der Waals surface area contributed by atoms with Gasteiger partial charge in [-0.3, -0.25) is 0 Å². The predicted octanol–water partition coefficient (Wildman–Crippen LogP) is 5.02. The van der Waals surface area contributed by atoms with E-state index in [2.05, 4.69) is 0 Å². The van der Waals surface area contributed by atoms with Crippen LogP contribution < -0.4 is 0 Å². The van der Waals surface area contributed by atoms with Gasteiger partial charge < -0.3 is 5.11 Å². The first-order valence-corrected chi connectivity index (χ1v) is 5.66. The van der Waals surface area contributed by atoms with Gasteiger partial charge in [-0.05, 0) is 24.3 Å². The highest BCUT2D eigenvalue weighted by molar-refractivity contribution is 6.36. The van der Waals surface area contributed by atoms with Crippen LogP contribution in [0.3, 0.4) is 0 Å². The Bertz CT molecular complexity index is 538. The number of hydrogen-bond acceptors (Lipinski definition) is 1. The Kier molecular flexibility index (Phi) is 3.29. The van der Waals surface area contributed by atoms with Crippen molar-refractivity contribution in [2.45, 2.75) is 0 Å². The lowest BCUT2D eigenvalue weighted by Crippen LogP contribution is -1.82. The molecular formula is C12H7Cl3O. The largest absolute Gasteiger partial charge is 0.506 e. The predicted molar refractivity (Wildman–Crippen MR) is 68.6 cm³/mol. The fourth-order valence-corrected chi connectivity index (χ4v) is 2.00. The van der Waals surface area contributed by atoms with E-state index in [4.69, 9.17) is 34.8 Å². The summed E-state index contributed by atoms with van der Waals surface area (Å²) in [5.74, 6) is 0.00772. The first-order valence-electron chi connectivity index (χ1n) is 4.52. The minimum absolute atomic E-state index is 0.00772. The van der Waals surface area contributed by atoms with Crippen LogP contribution in [-0.2, 0) is 0 Å². The summed E-state index contributed by atoms with van der Waals surface area (Å²) in [7, 11) is 0. The van der Waals surface area contributed by atoms with Gasteiger partial charge in [0.05, 0.1) is 5.02 Å². The molecule has 0 aliphatic carbocycles. The van der Waals surface area contributed by atoms with Gasteiger partial charge in [0.15, 0.2) is 0 Å². The van der Waals surface area contributed by atoms with Gasteiger partial charge in [-0.1, -0.05) is 46.9 Å². The molecule has 0 aliphatic heterocycles. The standard InChI is InChI=1S/C12H7Cl3O/c13-7-4-5-10(14)9(6-7)8-2-1-3-11(15)12(8)16/h1-6,16H. The summed E-state index contributed by atoms with van der Waals surface area (Å²) in [6.45, 7) is 0. The first-order chi connectivity index (χ1) is 7.59. The van der Waals surface area contributed by atoms with Crippen LogP contribution in [0.15, 0.2) is 36.4 Å². The van der Waals surface area contributed by atoms with Crippen molar-refractivity contribution in [1.82, 2.24) is 0 Å². The normalized spacial score (nSPS) is 10.4. The number of para-hydroxylation sites is 1. The lowest BCUT2D eigenvalue weighted by molar-refractivity contribution is 0.477. The number of phenolic OH excluding ortho intramolecular Hbond substituents is 1. The van der Waals surface area contributed by atoms with Crippen molar-refractivity contribution >= 4 is 34.8 Å². The van der Waals surface area contributed by atoms with Gasteiger partial charge >= 0.3 is 0 Å². The van der Waals surface area contributed by atoms with Gasteiger partial charge in [0.1, 0.15) is 5.75 Å². The molecule has 0 unspecified atom stereocenters. The first kappa shape index (κ1) is 11.6. The molecule has 82 valence electrons. The average Bonchev–Trinajstić information content (AvgIpc) is 2.26. The Morgan fingerprint density at radius 1 is 0.812 bits per heavy atom. The van der Waals surface area contributed by atoms with E-state index in [9.17, 15) is 5.11 Å². The third-order valence-corrected chi connectivity index (χ3v) is 3.08. The third kappa shape index (κ3) is 2.12. The second-order valence-electron chi connectivity index (χ2n) is 3.26. The van der Waals surface area contributed by atoms with Crippen LogP contribution in [0.1, 0.15) is 0 Å². The summed E-state index contributed by atoms with van der Waals surface area (Å²) >= 11 is 17.8. The molecule has 2 aromatic rings. The molecule has 4 heteroatoms. The van der Waals surface area contributed by atoms with Crippen LogP contribution >= 0.6 is 34.8 Å². The zero-order valence-electron chi connectivity index (χ0n) is 8.05. The molecule has 0 atom stereocenters. The van der Waals surface area contributed by atoms with Crippen molar-refractivity contribution in [2.24, 2.45) is 0 Å². The summed E-state index contributed by atoms with van der Waals surface area (Å²) in [6, 6.07) is 10.1. The zero-order chi connectivity index (χ0) is 11.7. The maximum Gasteiger partial charge on any atom is 0.142 e. The highest BCUT2D eigenvalue weighted by Crippen LogP contribution is 2.39. The van der Waals surface area contributed by atoms with E-state index in [0.717, 1.165) is 0 Å². The van der Waals surface area contributed by atoms with Gasteiger partial charge in [-0.25, -0.2) is 0 Å². The monoisotopic (exact) mass is 272 g/mol. The molecule has 0 heterocycles. The van der Waals surface area contributed by atoms with E-state index < -0.39 is 0 Å². The van der Waals surface area contributed by atoms with Crippen molar-refractivity contribution in [2.75, 3.05) is 0 Å². The van der Waals surface area contributed by atoms with Crippen LogP contribution in [0, 0.1) is 0 Å². The smallest absolute Gasteiger partial charge is 0.142 e. The van der Waals surface area contributed by atoms with E-state index in [-0.39, 0.29) is 10.8 Å². The number of aromatic hydroxyl groups is 1. The second kappa shape index (κ2) is 4.54. The molecule has 2 rings (SSSR count). The van der Waals surface area contributed by atoms with E-state index in [0.29, 0.717) is 21.2 Å². The fraction of sp³-hybridized carbons (Fsp3) is 0. The summed E-state index contributed by atoms with van der Waals surface area (Å²) < 4.78 is 0. The van der Waals surface area contributed by atoms with Gasteiger partial charge in [0.2, 0.25) is 0 Å². The molecule has 16 heavy (non-hydrogen) atoms. The molecular weight excluding hydrogens is 266 g/mol. The SMILES string of the molecule is Oc1c(Cl)cccc1-c1cc(Cl)ccc1Cl. The molecule has 0 saturated heterocycles. The molecule has 0 radical (unpaired) electrons. The van der Waals surface area contributed by atoms with E-state index in [1.807, 2.05) is 0 Å². The Labute approximate surface area is 108 Å². The molecule has 2 aromatic carbocycles. The molecule has 0 aliphatic rings. The molecule has 0 saturated carbocycles. The Hall–Kier alpha value is -0.890. The molecule has 0 spiro atoms. The Balaban J connectivity index is 2.67. The molecule has 1 nitrogen and oxygen atoms in total. The Morgan fingerprint density at radius 2 is 1.56 bits per heavy atom. The number of hydrogen-bond donors (Lipinski definition) is 1. The Morgan fingerprint density at radius 3 is 2.31 bits per heavy atom. The second-order valence-corrected chi connectivity index (χ2v) is 4.51. The summed E-state index contributed by atoms with van der Waals surface area (Å²) in [6.07, 6.45) is 0. The van der Waals surface area contributed by atoms with Crippen molar-refractivity contribution < 1.29 is 5.11 Å². The van der Waals surface area contributed by atoms with E-state index in [1.54, 1.807) is 36.4 Å². The summed E-state index contributed by atoms with van der Waals surface area (Å²) in [4.78, 5) is 0. The number of halogens is 3. The summed E-state index contributed by atoms with van der Waals surface area (Å²) in [5, 5.41) is 11.2.